The maximum atomic E-state index is 5.77. The van der Waals surface area contributed by atoms with E-state index in [4.69, 9.17) is 14.0 Å². The summed E-state index contributed by atoms with van der Waals surface area (Å²) in [6.07, 6.45) is 3.96. The molecule has 0 radical (unpaired) electrons. The second-order valence-electron chi connectivity index (χ2n) is 7.21. The van der Waals surface area contributed by atoms with Crippen molar-refractivity contribution in [3.8, 4) is 11.5 Å². The molecule has 1 aromatic carbocycles. The van der Waals surface area contributed by atoms with Crippen LogP contribution in [0.4, 0.5) is 0 Å². The van der Waals surface area contributed by atoms with Crippen molar-refractivity contribution in [2.24, 2.45) is 0 Å². The van der Waals surface area contributed by atoms with Gasteiger partial charge in [0.25, 0.3) is 0 Å². The number of benzene rings is 1. The number of rotatable bonds is 4. The van der Waals surface area contributed by atoms with Gasteiger partial charge in [0.05, 0.1) is 0 Å². The van der Waals surface area contributed by atoms with Gasteiger partial charge in [-0.3, -0.25) is 0 Å². The first-order valence-corrected chi connectivity index (χ1v) is 8.34. The lowest BCUT2D eigenvalue weighted by molar-refractivity contribution is 0.156. The molecule has 6 heteroatoms. The van der Waals surface area contributed by atoms with Crippen LogP contribution in [0.1, 0.15) is 45.6 Å². The van der Waals surface area contributed by atoms with Gasteiger partial charge in [-0.1, -0.05) is 33.3 Å². The molecule has 23 heavy (non-hydrogen) atoms. The SMILES string of the molecule is CC(C)(C)c1ccc2c(c1)OB(OCCN1CCCCC1)O2.Cl. The van der Waals surface area contributed by atoms with Gasteiger partial charge in [-0.15, -0.1) is 12.4 Å². The Balaban J connectivity index is 0.00000192. The zero-order valence-electron chi connectivity index (χ0n) is 14.3. The van der Waals surface area contributed by atoms with Crippen LogP contribution in [0.2, 0.25) is 0 Å². The molecule has 0 aliphatic carbocycles. The van der Waals surface area contributed by atoms with Crippen LogP contribution < -0.4 is 9.31 Å². The van der Waals surface area contributed by atoms with Crippen molar-refractivity contribution >= 4 is 19.7 Å². The summed E-state index contributed by atoms with van der Waals surface area (Å²) in [4.78, 5) is 2.45. The van der Waals surface area contributed by atoms with Gasteiger partial charge in [-0.05, 0) is 49.0 Å². The molecule has 0 aromatic heterocycles. The summed E-state index contributed by atoms with van der Waals surface area (Å²) in [6.45, 7) is 10.5. The number of fused-ring (bicyclic) bond motifs is 1. The normalized spacial score (nSPS) is 18.0. The van der Waals surface area contributed by atoms with Crippen molar-refractivity contribution in [3.63, 3.8) is 0 Å². The third kappa shape index (κ3) is 4.78. The lowest BCUT2D eigenvalue weighted by Crippen LogP contribution is -2.36. The van der Waals surface area contributed by atoms with Crippen LogP contribution in [0.5, 0.6) is 11.5 Å². The summed E-state index contributed by atoms with van der Waals surface area (Å²) in [5.74, 6) is 1.56. The first kappa shape index (κ1) is 18.4. The summed E-state index contributed by atoms with van der Waals surface area (Å²) >= 11 is 0. The van der Waals surface area contributed by atoms with Gasteiger partial charge < -0.3 is 18.9 Å². The van der Waals surface area contributed by atoms with E-state index in [0.717, 1.165) is 18.0 Å². The fraction of sp³-hybridized carbons (Fsp3) is 0.647. The average molecular weight is 340 g/mol. The highest BCUT2D eigenvalue weighted by Crippen LogP contribution is 2.37. The Hall–Kier alpha value is -0.905. The third-order valence-corrected chi connectivity index (χ3v) is 4.37. The minimum Gasteiger partial charge on any atom is -0.498 e. The minimum atomic E-state index is -0.602. The van der Waals surface area contributed by atoms with E-state index in [0.29, 0.717) is 6.61 Å². The first-order chi connectivity index (χ1) is 10.5. The van der Waals surface area contributed by atoms with Gasteiger partial charge in [0.1, 0.15) is 11.5 Å². The predicted molar refractivity (Wildman–Crippen MR) is 95.6 cm³/mol. The molecule has 3 rings (SSSR count). The lowest BCUT2D eigenvalue weighted by atomic mass is 9.87. The maximum absolute atomic E-state index is 5.77. The van der Waals surface area contributed by atoms with Crippen LogP contribution in [0.3, 0.4) is 0 Å². The number of piperidine rings is 1. The van der Waals surface area contributed by atoms with Gasteiger partial charge >= 0.3 is 7.32 Å². The quantitative estimate of drug-likeness (QED) is 0.783. The van der Waals surface area contributed by atoms with Gasteiger partial charge in [0, 0.05) is 13.2 Å². The number of likely N-dealkylation sites (tertiary alicyclic amines) is 1. The Morgan fingerprint density at radius 1 is 1.09 bits per heavy atom. The monoisotopic (exact) mass is 339 g/mol. The highest BCUT2D eigenvalue weighted by molar-refractivity contribution is 6.40. The molecule has 2 aliphatic heterocycles. The van der Waals surface area contributed by atoms with Crippen molar-refractivity contribution < 1.29 is 14.0 Å². The fourth-order valence-corrected chi connectivity index (χ4v) is 2.92. The molecule has 1 aromatic rings. The van der Waals surface area contributed by atoms with E-state index >= 15 is 0 Å². The van der Waals surface area contributed by atoms with Crippen molar-refractivity contribution in [2.75, 3.05) is 26.2 Å². The summed E-state index contributed by atoms with van der Waals surface area (Å²) in [7, 11) is -0.602. The van der Waals surface area contributed by atoms with Crippen molar-refractivity contribution in [3.05, 3.63) is 23.8 Å². The van der Waals surface area contributed by atoms with Crippen LogP contribution in [0.15, 0.2) is 18.2 Å². The molecule has 0 N–H and O–H groups in total. The molecular formula is C17H27BClNO3. The molecule has 0 unspecified atom stereocenters. The van der Waals surface area contributed by atoms with E-state index in [9.17, 15) is 0 Å². The van der Waals surface area contributed by atoms with E-state index in [1.807, 2.05) is 6.07 Å². The van der Waals surface area contributed by atoms with E-state index in [2.05, 4.69) is 37.8 Å². The van der Waals surface area contributed by atoms with E-state index in [1.165, 1.54) is 37.9 Å². The highest BCUT2D eigenvalue weighted by atomic mass is 35.5. The zero-order chi connectivity index (χ0) is 15.6. The number of nitrogens with zero attached hydrogens (tertiary/aromatic N) is 1. The van der Waals surface area contributed by atoms with E-state index in [-0.39, 0.29) is 17.8 Å². The molecular weight excluding hydrogens is 312 g/mol. The number of hydrogen-bond acceptors (Lipinski definition) is 4. The Morgan fingerprint density at radius 2 is 1.78 bits per heavy atom. The molecule has 0 amide bonds. The molecule has 1 saturated heterocycles. The molecule has 128 valence electrons. The van der Waals surface area contributed by atoms with Crippen LogP contribution >= 0.6 is 12.4 Å². The fourth-order valence-electron chi connectivity index (χ4n) is 2.92. The summed E-state index contributed by atoms with van der Waals surface area (Å²) < 4.78 is 17.2. The largest absolute Gasteiger partial charge is 0.788 e. The lowest BCUT2D eigenvalue weighted by Gasteiger charge is -2.26. The smallest absolute Gasteiger partial charge is 0.498 e. The van der Waals surface area contributed by atoms with Gasteiger partial charge in [-0.25, -0.2) is 0 Å². The molecule has 2 aliphatic rings. The van der Waals surface area contributed by atoms with Gasteiger partial charge in [-0.2, -0.15) is 0 Å². The molecule has 4 nitrogen and oxygen atoms in total. The highest BCUT2D eigenvalue weighted by Gasteiger charge is 2.36. The number of halogens is 1. The molecule has 0 bridgehead atoms. The van der Waals surface area contributed by atoms with Crippen LogP contribution in [-0.4, -0.2) is 38.5 Å². The average Bonchev–Trinajstić information content (AvgIpc) is 2.89. The van der Waals surface area contributed by atoms with E-state index < -0.39 is 7.32 Å². The zero-order valence-corrected chi connectivity index (χ0v) is 15.2. The topological polar surface area (TPSA) is 30.9 Å². The first-order valence-electron chi connectivity index (χ1n) is 8.34. The van der Waals surface area contributed by atoms with E-state index in [1.54, 1.807) is 0 Å². The Kier molecular flexibility index (Phi) is 6.23. The van der Waals surface area contributed by atoms with Gasteiger partial charge in [0.15, 0.2) is 0 Å². The standard InChI is InChI=1S/C17H26BNO3.ClH/c1-17(2,3)14-7-8-15-16(13-14)22-18(21-15)20-12-11-19-9-5-4-6-10-19;/h7-8,13H,4-6,9-12H2,1-3H3;1H. The van der Waals surface area contributed by atoms with Crippen molar-refractivity contribution in [1.82, 2.24) is 4.90 Å². The third-order valence-electron chi connectivity index (χ3n) is 4.37. The number of hydrogen-bond donors (Lipinski definition) is 0. The Labute approximate surface area is 146 Å². The molecule has 1 fully saturated rings. The second-order valence-corrected chi connectivity index (χ2v) is 7.21. The maximum Gasteiger partial charge on any atom is 0.788 e. The molecule has 0 saturated carbocycles. The van der Waals surface area contributed by atoms with Crippen LogP contribution in [0.25, 0.3) is 0 Å². The predicted octanol–water partition coefficient (Wildman–Crippen LogP) is 3.66. The summed E-state index contributed by atoms with van der Waals surface area (Å²) in [6, 6.07) is 6.13. The van der Waals surface area contributed by atoms with Crippen LogP contribution in [0, 0.1) is 0 Å². The van der Waals surface area contributed by atoms with Crippen molar-refractivity contribution in [1.29, 1.82) is 0 Å². The van der Waals surface area contributed by atoms with Crippen molar-refractivity contribution in [2.45, 2.75) is 45.4 Å². The molecule has 0 atom stereocenters. The Bertz CT molecular complexity index is 515. The Morgan fingerprint density at radius 3 is 2.48 bits per heavy atom. The summed E-state index contributed by atoms with van der Waals surface area (Å²) in [5.41, 5.74) is 1.34. The minimum absolute atomic E-state index is 0. The molecule has 0 spiro atoms. The summed E-state index contributed by atoms with van der Waals surface area (Å²) in [5, 5.41) is 0. The van der Waals surface area contributed by atoms with Crippen LogP contribution in [-0.2, 0) is 10.1 Å². The second kappa shape index (κ2) is 7.78. The molecule has 2 heterocycles. The van der Waals surface area contributed by atoms with Gasteiger partial charge in [0.2, 0.25) is 0 Å².